The summed E-state index contributed by atoms with van der Waals surface area (Å²) in [5.41, 5.74) is 14.0. The summed E-state index contributed by atoms with van der Waals surface area (Å²) in [6.07, 6.45) is 10.0. The summed E-state index contributed by atoms with van der Waals surface area (Å²) in [5, 5.41) is 8.00. The van der Waals surface area contributed by atoms with E-state index in [0.29, 0.717) is 5.92 Å². The van der Waals surface area contributed by atoms with Gasteiger partial charge in [-0.15, -0.1) is 11.3 Å². The highest BCUT2D eigenvalue weighted by molar-refractivity contribution is 7.26. The van der Waals surface area contributed by atoms with E-state index in [1.165, 1.54) is 65.1 Å². The fraction of sp³-hybridized carbons (Fsp3) is 0.0577. The molecular formula is C52H36N3S-. The first kappa shape index (κ1) is 32.7. The molecule has 266 valence electrons. The van der Waals surface area contributed by atoms with E-state index < -0.39 is 0 Å². The van der Waals surface area contributed by atoms with E-state index in [2.05, 4.69) is 199 Å². The predicted octanol–water partition coefficient (Wildman–Crippen LogP) is 14.4. The second kappa shape index (κ2) is 13.5. The third-order valence-corrected chi connectivity index (χ3v) is 12.6. The fourth-order valence-corrected chi connectivity index (χ4v) is 9.77. The van der Waals surface area contributed by atoms with Gasteiger partial charge in [0.25, 0.3) is 0 Å². The van der Waals surface area contributed by atoms with Gasteiger partial charge in [-0.25, -0.2) is 0 Å². The molecule has 4 heteroatoms. The van der Waals surface area contributed by atoms with Crippen molar-refractivity contribution in [3.05, 3.63) is 227 Å². The van der Waals surface area contributed by atoms with Crippen LogP contribution in [0.3, 0.4) is 0 Å². The first-order valence-electron chi connectivity index (χ1n) is 19.3. The number of nitrogens with zero attached hydrogens (tertiary/aromatic N) is 3. The van der Waals surface area contributed by atoms with Gasteiger partial charge >= 0.3 is 0 Å². The van der Waals surface area contributed by atoms with Crippen LogP contribution in [0.2, 0.25) is 0 Å². The summed E-state index contributed by atoms with van der Waals surface area (Å²) in [6.45, 7) is 0. The predicted molar refractivity (Wildman–Crippen MR) is 237 cm³/mol. The second-order valence-corrected chi connectivity index (χ2v) is 15.7. The van der Waals surface area contributed by atoms with Crippen molar-refractivity contribution in [2.75, 3.05) is 4.90 Å². The summed E-state index contributed by atoms with van der Waals surface area (Å²) in [5.74, 6) is 1.05. The zero-order valence-corrected chi connectivity index (χ0v) is 31.4. The summed E-state index contributed by atoms with van der Waals surface area (Å²) in [4.78, 5) is 7.83. The molecule has 8 aromatic rings. The highest BCUT2D eigenvalue weighted by atomic mass is 32.1. The molecule has 0 spiro atoms. The number of thiophene rings is 1. The number of hydrogen-bond donors (Lipinski definition) is 0. The summed E-state index contributed by atoms with van der Waals surface area (Å²) >= 11 is 1.88. The van der Waals surface area contributed by atoms with E-state index >= 15 is 0 Å². The van der Waals surface area contributed by atoms with E-state index in [-0.39, 0.29) is 6.04 Å². The normalized spacial score (nSPS) is 17.2. The van der Waals surface area contributed by atoms with Crippen LogP contribution < -0.4 is 4.90 Å². The summed E-state index contributed by atoms with van der Waals surface area (Å²) in [7, 11) is 0. The van der Waals surface area contributed by atoms with Gasteiger partial charge in [0.15, 0.2) is 0 Å². The lowest BCUT2D eigenvalue weighted by atomic mass is 9.91. The number of hydrogen-bond acceptors (Lipinski definition) is 3. The Bertz CT molecular complexity index is 2900. The maximum atomic E-state index is 5.39. The Labute approximate surface area is 330 Å². The fourth-order valence-electron chi connectivity index (χ4n) is 8.56. The van der Waals surface area contributed by atoms with Crippen molar-refractivity contribution in [2.45, 2.75) is 18.4 Å². The van der Waals surface area contributed by atoms with Crippen LogP contribution in [0.5, 0.6) is 0 Å². The molecule has 1 aromatic heterocycles. The van der Waals surface area contributed by atoms with Crippen molar-refractivity contribution in [3.63, 3.8) is 0 Å². The average Bonchev–Trinajstić information content (AvgIpc) is 3.83. The maximum absolute atomic E-state index is 5.39. The monoisotopic (exact) mass is 734 g/mol. The van der Waals surface area contributed by atoms with Crippen LogP contribution in [0.25, 0.3) is 53.4 Å². The summed E-state index contributed by atoms with van der Waals surface area (Å²) in [6, 6.07) is 60.9. The lowest BCUT2D eigenvalue weighted by Gasteiger charge is -2.34. The van der Waals surface area contributed by atoms with E-state index in [9.17, 15) is 0 Å². The maximum Gasteiger partial charge on any atom is 0.0637 e. The van der Waals surface area contributed by atoms with Crippen LogP contribution in [0.15, 0.2) is 205 Å². The molecule has 2 aliphatic heterocycles. The van der Waals surface area contributed by atoms with Gasteiger partial charge in [0.05, 0.1) is 16.1 Å². The molecule has 3 aliphatic rings. The molecule has 0 bridgehead atoms. The second-order valence-electron chi connectivity index (χ2n) is 14.7. The summed E-state index contributed by atoms with van der Waals surface area (Å²) < 4.78 is 2.62. The lowest BCUT2D eigenvalue weighted by molar-refractivity contribution is 0.820. The number of anilines is 2. The molecule has 0 saturated carbocycles. The molecule has 0 saturated heterocycles. The van der Waals surface area contributed by atoms with Crippen molar-refractivity contribution in [1.29, 1.82) is 0 Å². The van der Waals surface area contributed by atoms with Gasteiger partial charge < -0.3 is 15.2 Å². The Morgan fingerprint density at radius 1 is 0.571 bits per heavy atom. The van der Waals surface area contributed by atoms with Gasteiger partial charge in [-0.1, -0.05) is 176 Å². The lowest BCUT2D eigenvalue weighted by Crippen LogP contribution is -2.15. The number of benzene rings is 7. The third-order valence-electron chi connectivity index (χ3n) is 11.4. The Morgan fingerprint density at radius 3 is 1.98 bits per heavy atom. The quantitative estimate of drug-likeness (QED) is 0.167. The third kappa shape index (κ3) is 5.61. The largest absolute Gasteiger partial charge is 0.454 e. The van der Waals surface area contributed by atoms with Crippen LogP contribution in [0.1, 0.15) is 40.6 Å². The number of fused-ring (bicyclic) bond motifs is 6. The zero-order chi connectivity index (χ0) is 37.0. The van der Waals surface area contributed by atoms with Crippen molar-refractivity contribution in [3.8, 4) is 22.3 Å². The minimum Gasteiger partial charge on any atom is -0.454 e. The topological polar surface area (TPSA) is 29.7 Å². The van der Waals surface area contributed by atoms with Crippen LogP contribution >= 0.6 is 11.3 Å². The molecule has 3 heterocycles. The van der Waals surface area contributed by atoms with Crippen molar-refractivity contribution >= 4 is 54.4 Å². The number of rotatable bonds is 6. The number of aliphatic imine (C=N–C) groups is 1. The molecule has 0 radical (unpaired) electrons. The Balaban J connectivity index is 1.02. The SMILES string of the molecule is C1=CCC2C(=C1)N(c1cccc3c1sc1ccccc13)c1cc(C3=NC(c4ccc(-c5ccccc5)cc4)=CC(c4ccc(-c5ccccc5)cc4)[N-]3)ccc12. The molecule has 11 rings (SSSR count). The number of amidine groups is 1. The Morgan fingerprint density at radius 2 is 1.21 bits per heavy atom. The molecular weight excluding hydrogens is 699 g/mol. The smallest absolute Gasteiger partial charge is 0.0637 e. The van der Waals surface area contributed by atoms with Gasteiger partial charge in [-0.05, 0) is 80.9 Å². The standard InChI is InChI=1S/C52H36N3S/c1-3-12-34(13-4-1)36-22-26-38(27-23-36)45-33-46(39-28-24-37(25-29-39)35-14-5-2-6-15-35)54-52(53-45)40-30-31-42-41-16-7-9-19-47(41)55(49(42)32-40)48-20-11-18-44-43-17-8-10-21-50(43)56-51(44)48/h1-15,17-33,41,45H,16H2/q-1. The van der Waals surface area contributed by atoms with Crippen LogP contribution in [-0.2, 0) is 0 Å². The van der Waals surface area contributed by atoms with Gasteiger partial charge in [0.2, 0.25) is 0 Å². The molecule has 56 heavy (non-hydrogen) atoms. The van der Waals surface area contributed by atoms with Gasteiger partial charge in [0, 0.05) is 33.1 Å². The zero-order valence-electron chi connectivity index (χ0n) is 30.6. The van der Waals surface area contributed by atoms with E-state index in [4.69, 9.17) is 10.3 Å². The van der Waals surface area contributed by atoms with Crippen molar-refractivity contribution in [1.82, 2.24) is 0 Å². The Hall–Kier alpha value is -6.75. The van der Waals surface area contributed by atoms with Gasteiger partial charge in [-0.3, -0.25) is 0 Å². The van der Waals surface area contributed by atoms with Crippen LogP contribution in [0.4, 0.5) is 11.4 Å². The minimum absolute atomic E-state index is 0.192. The van der Waals surface area contributed by atoms with E-state index in [1.807, 2.05) is 11.3 Å². The van der Waals surface area contributed by atoms with E-state index in [1.54, 1.807) is 0 Å². The Kier molecular flexibility index (Phi) is 7.89. The minimum atomic E-state index is -0.192. The molecule has 0 amide bonds. The van der Waals surface area contributed by atoms with E-state index in [0.717, 1.165) is 34.6 Å². The van der Waals surface area contributed by atoms with Gasteiger partial charge in [0.1, 0.15) is 0 Å². The first-order chi connectivity index (χ1) is 27.7. The van der Waals surface area contributed by atoms with Crippen LogP contribution in [0, 0.1) is 0 Å². The van der Waals surface area contributed by atoms with Crippen LogP contribution in [-0.4, -0.2) is 5.84 Å². The first-order valence-corrected chi connectivity index (χ1v) is 20.1. The average molecular weight is 735 g/mol. The molecule has 0 fully saturated rings. The number of allylic oxidation sites excluding steroid dienone is 4. The van der Waals surface area contributed by atoms with Gasteiger partial charge in [-0.2, -0.15) is 0 Å². The molecule has 2 atom stereocenters. The molecule has 0 N–H and O–H groups in total. The molecule has 2 unspecified atom stereocenters. The molecule has 1 aliphatic carbocycles. The highest BCUT2D eigenvalue weighted by Gasteiger charge is 2.36. The highest BCUT2D eigenvalue weighted by Crippen LogP contribution is 2.54. The molecule has 3 nitrogen and oxygen atoms in total. The van der Waals surface area contributed by atoms with Crippen molar-refractivity contribution < 1.29 is 0 Å². The molecule has 7 aromatic carbocycles. The van der Waals surface area contributed by atoms with Crippen molar-refractivity contribution in [2.24, 2.45) is 4.99 Å².